The van der Waals surface area contributed by atoms with E-state index < -0.39 is 5.54 Å². The molecule has 2 atom stereocenters. The Balaban J connectivity index is 1.54. The van der Waals surface area contributed by atoms with Crippen molar-refractivity contribution in [2.75, 3.05) is 6.61 Å². The summed E-state index contributed by atoms with van der Waals surface area (Å²) < 4.78 is 1.82. The highest BCUT2D eigenvalue weighted by atomic mass is 16.3. The van der Waals surface area contributed by atoms with Crippen molar-refractivity contribution in [1.82, 2.24) is 25.1 Å². The molecule has 136 valence electrons. The second-order valence-electron chi connectivity index (χ2n) is 7.93. The quantitative estimate of drug-likeness (QED) is 0.873. The highest BCUT2D eigenvalue weighted by Gasteiger charge is 2.47. The maximum absolute atomic E-state index is 13.1. The number of carbonyl (C=O) groups excluding carboxylic acids is 1. The summed E-state index contributed by atoms with van der Waals surface area (Å²) in [6.07, 6.45) is 11.9. The van der Waals surface area contributed by atoms with Crippen LogP contribution in [0.4, 0.5) is 0 Å². The van der Waals surface area contributed by atoms with Crippen molar-refractivity contribution in [3.63, 3.8) is 0 Å². The first kappa shape index (κ1) is 15.9. The van der Waals surface area contributed by atoms with E-state index in [0.29, 0.717) is 23.3 Å². The summed E-state index contributed by atoms with van der Waals surface area (Å²) in [5.74, 6) is 1.68. The Bertz CT molecular complexity index is 841. The molecule has 0 aromatic carbocycles. The molecular weight excluding hydrogens is 330 g/mol. The molecule has 0 radical (unpaired) electrons. The molecule has 7 heteroatoms. The smallest absolute Gasteiger partial charge is 0.272 e. The van der Waals surface area contributed by atoms with Gasteiger partial charge in [0.2, 0.25) is 0 Å². The first-order valence-corrected chi connectivity index (χ1v) is 9.52. The Kier molecular flexibility index (Phi) is 3.60. The molecule has 26 heavy (non-hydrogen) atoms. The van der Waals surface area contributed by atoms with Gasteiger partial charge in [0.25, 0.3) is 5.91 Å². The second-order valence-corrected chi connectivity index (χ2v) is 7.93. The summed E-state index contributed by atoms with van der Waals surface area (Å²) in [6.45, 7) is -0.0174. The van der Waals surface area contributed by atoms with E-state index in [2.05, 4.69) is 20.4 Å². The number of aliphatic hydroxyl groups is 1. The van der Waals surface area contributed by atoms with E-state index in [0.717, 1.165) is 49.8 Å². The van der Waals surface area contributed by atoms with Crippen LogP contribution in [-0.4, -0.2) is 42.9 Å². The van der Waals surface area contributed by atoms with Crippen molar-refractivity contribution < 1.29 is 9.90 Å². The highest BCUT2D eigenvalue weighted by molar-refractivity contribution is 5.95. The maximum atomic E-state index is 13.1. The van der Waals surface area contributed by atoms with Gasteiger partial charge in [0.1, 0.15) is 0 Å². The zero-order valence-corrected chi connectivity index (χ0v) is 14.7. The topological polar surface area (TPSA) is 92.9 Å². The van der Waals surface area contributed by atoms with E-state index >= 15 is 0 Å². The maximum Gasteiger partial charge on any atom is 0.272 e. The summed E-state index contributed by atoms with van der Waals surface area (Å²) in [7, 11) is 0. The van der Waals surface area contributed by atoms with Gasteiger partial charge in [-0.1, -0.05) is 12.8 Å². The fraction of sp³-hybridized carbons (Fsp3) is 0.579. The number of hydrogen-bond donors (Lipinski definition) is 2. The SMILES string of the molecule is O=C(NC1(CO)CCCC1)c1nn(-c2cnccn2)c2c1CCC1CC21. The van der Waals surface area contributed by atoms with Gasteiger partial charge in [0.05, 0.1) is 24.0 Å². The average molecular weight is 353 g/mol. The first-order valence-electron chi connectivity index (χ1n) is 9.52. The number of nitrogens with zero attached hydrogens (tertiary/aromatic N) is 4. The lowest BCUT2D eigenvalue weighted by Crippen LogP contribution is -2.49. The molecule has 0 aliphatic heterocycles. The fourth-order valence-electron chi connectivity index (χ4n) is 4.75. The molecule has 2 fully saturated rings. The second kappa shape index (κ2) is 5.87. The van der Waals surface area contributed by atoms with Gasteiger partial charge in [-0.3, -0.25) is 9.78 Å². The van der Waals surface area contributed by atoms with Crippen molar-refractivity contribution in [2.45, 2.75) is 56.4 Å². The van der Waals surface area contributed by atoms with Crippen LogP contribution in [0.1, 0.15) is 66.2 Å². The molecule has 0 spiro atoms. The number of hydrogen-bond acceptors (Lipinski definition) is 5. The fourth-order valence-corrected chi connectivity index (χ4v) is 4.75. The number of carbonyl (C=O) groups is 1. The molecule has 7 nitrogen and oxygen atoms in total. The Morgan fingerprint density at radius 1 is 1.35 bits per heavy atom. The lowest BCUT2D eigenvalue weighted by molar-refractivity contribution is 0.0832. The number of amides is 1. The van der Waals surface area contributed by atoms with E-state index in [1.54, 1.807) is 18.6 Å². The van der Waals surface area contributed by atoms with Crippen molar-refractivity contribution in [1.29, 1.82) is 0 Å². The van der Waals surface area contributed by atoms with Gasteiger partial charge in [-0.15, -0.1) is 0 Å². The van der Waals surface area contributed by atoms with Gasteiger partial charge in [-0.2, -0.15) is 5.10 Å². The minimum Gasteiger partial charge on any atom is -0.394 e. The van der Waals surface area contributed by atoms with Crippen molar-refractivity contribution in [3.8, 4) is 5.82 Å². The number of fused-ring (bicyclic) bond motifs is 3. The summed E-state index contributed by atoms with van der Waals surface area (Å²) in [4.78, 5) is 21.6. The Morgan fingerprint density at radius 3 is 2.92 bits per heavy atom. The molecule has 2 aromatic heterocycles. The molecule has 2 N–H and O–H groups in total. The third-order valence-electron chi connectivity index (χ3n) is 6.29. The predicted molar refractivity (Wildman–Crippen MR) is 94.1 cm³/mol. The van der Waals surface area contributed by atoms with Crippen LogP contribution < -0.4 is 5.32 Å². The minimum atomic E-state index is -0.489. The van der Waals surface area contributed by atoms with E-state index in [-0.39, 0.29) is 12.5 Å². The summed E-state index contributed by atoms with van der Waals surface area (Å²) in [5, 5.41) is 17.6. The van der Waals surface area contributed by atoms with Crippen LogP contribution in [0, 0.1) is 5.92 Å². The lowest BCUT2D eigenvalue weighted by atomic mass is 9.94. The van der Waals surface area contributed by atoms with Crippen LogP contribution in [0.15, 0.2) is 18.6 Å². The lowest BCUT2D eigenvalue weighted by Gasteiger charge is -2.27. The van der Waals surface area contributed by atoms with Crippen LogP contribution >= 0.6 is 0 Å². The minimum absolute atomic E-state index is 0.0174. The molecule has 2 unspecified atom stereocenters. The summed E-state index contributed by atoms with van der Waals surface area (Å²) >= 11 is 0. The van der Waals surface area contributed by atoms with Gasteiger partial charge < -0.3 is 10.4 Å². The largest absolute Gasteiger partial charge is 0.394 e. The van der Waals surface area contributed by atoms with E-state index in [1.165, 1.54) is 6.42 Å². The molecule has 1 amide bonds. The molecule has 3 aliphatic carbocycles. The van der Waals surface area contributed by atoms with Gasteiger partial charge in [-0.25, -0.2) is 9.67 Å². The van der Waals surface area contributed by atoms with Crippen LogP contribution in [0.25, 0.3) is 5.82 Å². The third kappa shape index (κ3) is 2.45. The van der Waals surface area contributed by atoms with Crippen molar-refractivity contribution >= 4 is 5.91 Å². The molecule has 2 heterocycles. The zero-order valence-electron chi connectivity index (χ0n) is 14.7. The third-order valence-corrected chi connectivity index (χ3v) is 6.29. The van der Waals surface area contributed by atoms with Crippen LogP contribution in [0.2, 0.25) is 0 Å². The molecule has 2 aromatic rings. The van der Waals surface area contributed by atoms with Crippen molar-refractivity contribution in [2.24, 2.45) is 5.92 Å². The van der Waals surface area contributed by atoms with Gasteiger partial charge >= 0.3 is 0 Å². The number of nitrogens with one attached hydrogen (secondary N) is 1. The van der Waals surface area contributed by atoms with Crippen LogP contribution in [0.3, 0.4) is 0 Å². The van der Waals surface area contributed by atoms with Crippen molar-refractivity contribution in [3.05, 3.63) is 35.5 Å². The van der Waals surface area contributed by atoms with E-state index in [9.17, 15) is 9.90 Å². The van der Waals surface area contributed by atoms with Gasteiger partial charge in [0, 0.05) is 23.9 Å². The van der Waals surface area contributed by atoms with Crippen LogP contribution in [0.5, 0.6) is 0 Å². The average Bonchev–Trinajstić information content (AvgIpc) is 3.15. The summed E-state index contributed by atoms with van der Waals surface area (Å²) in [5.41, 5.74) is 2.20. The molecule has 0 saturated heterocycles. The Morgan fingerprint density at radius 2 is 2.19 bits per heavy atom. The monoisotopic (exact) mass is 353 g/mol. The molecular formula is C19H23N5O2. The Labute approximate surface area is 151 Å². The zero-order chi connectivity index (χ0) is 17.7. The van der Waals surface area contributed by atoms with Gasteiger partial charge in [-0.05, 0) is 38.0 Å². The normalized spacial score (nSPS) is 25.4. The molecule has 2 saturated carbocycles. The number of rotatable bonds is 4. The Hall–Kier alpha value is -2.28. The van der Waals surface area contributed by atoms with Gasteiger partial charge in [0.15, 0.2) is 11.5 Å². The molecule has 0 bridgehead atoms. The van der Waals surface area contributed by atoms with E-state index in [4.69, 9.17) is 0 Å². The van der Waals surface area contributed by atoms with E-state index in [1.807, 2.05) is 4.68 Å². The van der Waals surface area contributed by atoms with Crippen LogP contribution in [-0.2, 0) is 6.42 Å². The molecule has 5 rings (SSSR count). The first-order chi connectivity index (χ1) is 12.7. The summed E-state index contributed by atoms with van der Waals surface area (Å²) in [6, 6.07) is 0. The standard InChI is InChI=1S/C19H23N5O2/c25-11-19(5-1-2-6-19)22-18(26)16-13-4-3-12-9-14(12)17(13)24(23-16)15-10-20-7-8-21-15/h7-8,10,12,14,25H,1-6,9,11H2,(H,22,26). The number of aromatic nitrogens is 4. The highest BCUT2D eigenvalue weighted by Crippen LogP contribution is 2.55. The number of aliphatic hydroxyl groups excluding tert-OH is 1. The predicted octanol–water partition coefficient (Wildman–Crippen LogP) is 1.75. The molecule has 3 aliphatic rings.